The molecule has 0 saturated carbocycles. The first-order valence-electron chi connectivity index (χ1n) is 9.45. The van der Waals surface area contributed by atoms with E-state index in [0.717, 1.165) is 41.7 Å². The number of nitrogens with zero attached hydrogens (tertiary/aromatic N) is 5. The minimum absolute atomic E-state index is 0.135. The summed E-state index contributed by atoms with van der Waals surface area (Å²) in [6.45, 7) is 9.77. The van der Waals surface area contributed by atoms with E-state index in [1.807, 2.05) is 17.0 Å². The maximum atomic E-state index is 13.5. The largest absolute Gasteiger partial charge is 0.355 e. The molecule has 2 aliphatic rings. The van der Waals surface area contributed by atoms with E-state index in [2.05, 4.69) is 33.0 Å². The number of rotatable bonds is 5. The third-order valence-electron chi connectivity index (χ3n) is 5.45. The Morgan fingerprint density at radius 1 is 1.00 bits per heavy atom. The topological polar surface area (TPSA) is 45.2 Å². The number of anilines is 2. The van der Waals surface area contributed by atoms with Crippen molar-refractivity contribution in [3.05, 3.63) is 54.6 Å². The molecule has 2 aromatic heterocycles. The number of pyridine rings is 1. The van der Waals surface area contributed by atoms with Crippen LogP contribution in [0.15, 0.2) is 37.7 Å². The van der Waals surface area contributed by atoms with E-state index in [1.54, 1.807) is 24.5 Å². The number of halogens is 2. The maximum Gasteiger partial charge on any atom is 0.251 e. The standard InChI is InChI=1S/C21H23F2N5/c1-3-15-5-6-18(26-17(15)4-2)28-13-16(14-28)19-20(25-10-9-24-19)27-11-7-21(22,23)8-12-27/h3-6,9-10,16H,1-2,7-8,11-14H2. The predicted octanol–water partition coefficient (Wildman–Crippen LogP) is 4.00. The Kier molecular flexibility index (Phi) is 4.83. The highest BCUT2D eigenvalue weighted by Crippen LogP contribution is 2.36. The van der Waals surface area contributed by atoms with E-state index in [4.69, 9.17) is 0 Å². The van der Waals surface area contributed by atoms with Gasteiger partial charge in [0.05, 0.1) is 11.4 Å². The summed E-state index contributed by atoms with van der Waals surface area (Å²) < 4.78 is 27.0. The first-order chi connectivity index (χ1) is 13.5. The lowest BCUT2D eigenvalue weighted by molar-refractivity contribution is -0.0222. The molecule has 0 aromatic carbocycles. The van der Waals surface area contributed by atoms with Gasteiger partial charge in [-0.05, 0) is 23.8 Å². The Morgan fingerprint density at radius 3 is 2.39 bits per heavy atom. The van der Waals surface area contributed by atoms with Crippen LogP contribution in [-0.4, -0.2) is 47.1 Å². The van der Waals surface area contributed by atoms with Crippen molar-refractivity contribution in [3.8, 4) is 0 Å². The molecule has 0 radical (unpaired) electrons. The van der Waals surface area contributed by atoms with E-state index in [0.29, 0.717) is 13.1 Å². The molecule has 4 heterocycles. The molecular formula is C21H23F2N5. The SMILES string of the molecule is C=Cc1ccc(N2CC(c3nccnc3N3CCC(F)(F)CC3)C2)nc1C=C. The van der Waals surface area contributed by atoms with Crippen LogP contribution in [0.2, 0.25) is 0 Å². The van der Waals surface area contributed by atoms with Crippen LogP contribution >= 0.6 is 0 Å². The van der Waals surface area contributed by atoms with Crippen LogP contribution < -0.4 is 9.80 Å². The van der Waals surface area contributed by atoms with Gasteiger partial charge in [0, 0.05) is 57.3 Å². The van der Waals surface area contributed by atoms with Gasteiger partial charge in [-0.15, -0.1) is 0 Å². The van der Waals surface area contributed by atoms with Gasteiger partial charge in [-0.1, -0.05) is 19.2 Å². The predicted molar refractivity (Wildman–Crippen MR) is 108 cm³/mol. The molecule has 2 aromatic rings. The highest BCUT2D eigenvalue weighted by Gasteiger charge is 2.37. The molecule has 5 nitrogen and oxygen atoms in total. The van der Waals surface area contributed by atoms with Crippen LogP contribution in [0.3, 0.4) is 0 Å². The van der Waals surface area contributed by atoms with Gasteiger partial charge in [-0.3, -0.25) is 4.98 Å². The fourth-order valence-electron chi connectivity index (χ4n) is 3.74. The van der Waals surface area contributed by atoms with Gasteiger partial charge in [0.1, 0.15) is 5.82 Å². The summed E-state index contributed by atoms with van der Waals surface area (Å²) in [5.41, 5.74) is 2.65. The smallest absolute Gasteiger partial charge is 0.251 e. The number of piperidine rings is 1. The molecule has 7 heteroatoms. The normalized spacial score (nSPS) is 19.2. The number of hydrogen-bond donors (Lipinski definition) is 0. The molecule has 146 valence electrons. The third kappa shape index (κ3) is 3.48. The van der Waals surface area contributed by atoms with Crippen molar-refractivity contribution in [2.45, 2.75) is 24.7 Å². The average Bonchev–Trinajstić information content (AvgIpc) is 2.67. The van der Waals surface area contributed by atoms with Crippen molar-refractivity contribution in [3.63, 3.8) is 0 Å². The van der Waals surface area contributed by atoms with Crippen LogP contribution in [0.5, 0.6) is 0 Å². The molecule has 0 atom stereocenters. The highest BCUT2D eigenvalue weighted by molar-refractivity contribution is 5.63. The number of hydrogen-bond acceptors (Lipinski definition) is 5. The van der Waals surface area contributed by atoms with Gasteiger partial charge in [0.2, 0.25) is 0 Å². The zero-order chi connectivity index (χ0) is 19.7. The lowest BCUT2D eigenvalue weighted by Gasteiger charge is -2.41. The molecule has 0 N–H and O–H groups in total. The molecule has 0 unspecified atom stereocenters. The Bertz CT molecular complexity index is 882. The second-order valence-corrected chi connectivity index (χ2v) is 7.26. The molecular weight excluding hydrogens is 360 g/mol. The number of aromatic nitrogens is 3. The molecule has 0 bridgehead atoms. The van der Waals surface area contributed by atoms with E-state index in [9.17, 15) is 8.78 Å². The van der Waals surface area contributed by atoms with Crippen LogP contribution in [-0.2, 0) is 0 Å². The Labute approximate surface area is 163 Å². The van der Waals surface area contributed by atoms with E-state index < -0.39 is 5.92 Å². The van der Waals surface area contributed by atoms with Gasteiger partial charge < -0.3 is 9.80 Å². The molecule has 0 aliphatic carbocycles. The van der Waals surface area contributed by atoms with Crippen molar-refractivity contribution in [2.24, 2.45) is 0 Å². The minimum Gasteiger partial charge on any atom is -0.355 e. The van der Waals surface area contributed by atoms with Crippen molar-refractivity contribution in [1.82, 2.24) is 15.0 Å². The van der Waals surface area contributed by atoms with Crippen LogP contribution in [0.4, 0.5) is 20.4 Å². The van der Waals surface area contributed by atoms with Crippen molar-refractivity contribution in [2.75, 3.05) is 36.0 Å². The molecule has 4 rings (SSSR count). The van der Waals surface area contributed by atoms with Gasteiger partial charge in [-0.2, -0.15) is 0 Å². The van der Waals surface area contributed by atoms with Crippen LogP contribution in [0.25, 0.3) is 12.2 Å². The monoisotopic (exact) mass is 383 g/mol. The fraction of sp³-hybridized carbons (Fsp3) is 0.381. The summed E-state index contributed by atoms with van der Waals surface area (Å²) in [4.78, 5) is 17.8. The summed E-state index contributed by atoms with van der Waals surface area (Å²) in [6, 6.07) is 3.96. The summed E-state index contributed by atoms with van der Waals surface area (Å²) in [5, 5.41) is 0. The first-order valence-corrected chi connectivity index (χ1v) is 9.45. The lowest BCUT2D eigenvalue weighted by atomic mass is 9.94. The zero-order valence-corrected chi connectivity index (χ0v) is 15.7. The van der Waals surface area contributed by atoms with E-state index >= 15 is 0 Å². The molecule has 28 heavy (non-hydrogen) atoms. The van der Waals surface area contributed by atoms with E-state index in [-0.39, 0.29) is 18.8 Å². The highest BCUT2D eigenvalue weighted by atomic mass is 19.3. The summed E-state index contributed by atoms with van der Waals surface area (Å²) in [5.74, 6) is -0.735. The Balaban J connectivity index is 1.48. The van der Waals surface area contributed by atoms with Crippen LogP contribution in [0.1, 0.15) is 35.7 Å². The lowest BCUT2D eigenvalue weighted by Crippen LogP contribution is -2.47. The molecule has 2 aliphatic heterocycles. The second kappa shape index (κ2) is 7.30. The van der Waals surface area contributed by atoms with Gasteiger partial charge in [-0.25, -0.2) is 18.7 Å². The molecule has 0 spiro atoms. The summed E-state index contributed by atoms with van der Waals surface area (Å²) in [7, 11) is 0. The van der Waals surface area contributed by atoms with Crippen molar-refractivity contribution >= 4 is 23.8 Å². The quantitative estimate of drug-likeness (QED) is 0.781. The molecule has 0 amide bonds. The summed E-state index contributed by atoms with van der Waals surface area (Å²) in [6.07, 6.45) is 6.53. The van der Waals surface area contributed by atoms with Crippen LogP contribution in [0, 0.1) is 0 Å². The maximum absolute atomic E-state index is 13.5. The minimum atomic E-state index is -2.57. The molecule has 2 saturated heterocycles. The van der Waals surface area contributed by atoms with E-state index in [1.165, 1.54) is 0 Å². The Hall–Kier alpha value is -2.83. The summed E-state index contributed by atoms with van der Waals surface area (Å²) >= 11 is 0. The van der Waals surface area contributed by atoms with Gasteiger partial charge >= 0.3 is 0 Å². The fourth-order valence-corrected chi connectivity index (χ4v) is 3.74. The first kappa shape index (κ1) is 18.5. The van der Waals surface area contributed by atoms with Crippen molar-refractivity contribution in [1.29, 1.82) is 0 Å². The second-order valence-electron chi connectivity index (χ2n) is 7.26. The third-order valence-corrected chi connectivity index (χ3v) is 5.45. The molecule has 2 fully saturated rings. The average molecular weight is 383 g/mol. The van der Waals surface area contributed by atoms with Gasteiger partial charge in [0.15, 0.2) is 5.82 Å². The van der Waals surface area contributed by atoms with Crippen molar-refractivity contribution < 1.29 is 8.78 Å². The number of alkyl halides is 2. The van der Waals surface area contributed by atoms with Gasteiger partial charge in [0.25, 0.3) is 5.92 Å². The Morgan fingerprint density at radius 2 is 1.71 bits per heavy atom. The zero-order valence-electron chi connectivity index (χ0n) is 15.7.